The van der Waals surface area contributed by atoms with Crippen molar-refractivity contribution in [3.63, 3.8) is 0 Å². The number of fused-ring (bicyclic) bond motifs is 3. The van der Waals surface area contributed by atoms with Gasteiger partial charge >= 0.3 is 0 Å². The highest BCUT2D eigenvalue weighted by molar-refractivity contribution is 8.03. The molecule has 0 fully saturated rings. The maximum atomic E-state index is 13.2. The number of Topliss-reactive ketones (excluding diaryl/α,β-unsaturated/α-hetero) is 2. The Morgan fingerprint density at radius 2 is 1.48 bits per heavy atom. The van der Waals surface area contributed by atoms with Crippen LogP contribution in [0.1, 0.15) is 21.1 Å². The van der Waals surface area contributed by atoms with Gasteiger partial charge in [0.1, 0.15) is 5.57 Å². The van der Waals surface area contributed by atoms with Crippen LogP contribution in [0.3, 0.4) is 0 Å². The first-order valence-corrected chi connectivity index (χ1v) is 9.81. The number of benzene rings is 2. The van der Waals surface area contributed by atoms with E-state index in [-0.39, 0.29) is 17.1 Å². The van der Waals surface area contributed by atoms with E-state index in [2.05, 4.69) is 0 Å². The van der Waals surface area contributed by atoms with Gasteiger partial charge in [0.15, 0.2) is 11.5 Å². The molecule has 0 atom stereocenters. The predicted octanol–water partition coefficient (Wildman–Crippen LogP) is 5.55. The fourth-order valence-corrected chi connectivity index (χ4v) is 4.72. The van der Waals surface area contributed by atoms with Crippen molar-refractivity contribution in [2.75, 3.05) is 11.9 Å². The van der Waals surface area contributed by atoms with Crippen LogP contribution in [0.25, 0.3) is 10.8 Å². The van der Waals surface area contributed by atoms with E-state index in [9.17, 15) is 9.59 Å². The van der Waals surface area contributed by atoms with E-state index in [0.29, 0.717) is 5.03 Å². The average molecular weight is 401 g/mol. The highest BCUT2D eigenvalue weighted by atomic mass is 32.2. The van der Waals surface area contributed by atoms with Gasteiger partial charge < -0.3 is 13.7 Å². The SMILES string of the molecule is CN1C(=C(C(=O)c2ccco2)C(=O)c2ccco2)Sc2ccc3ccccc3c21. The molecular weight excluding hydrogens is 386 g/mol. The Balaban J connectivity index is 1.71. The Hall–Kier alpha value is -3.51. The number of rotatable bonds is 4. The van der Waals surface area contributed by atoms with Crippen molar-refractivity contribution in [2.24, 2.45) is 0 Å². The number of hydrogen-bond donors (Lipinski definition) is 0. The Morgan fingerprint density at radius 1 is 0.828 bits per heavy atom. The lowest BCUT2D eigenvalue weighted by Gasteiger charge is -2.18. The minimum atomic E-state index is -0.470. The van der Waals surface area contributed by atoms with Crippen LogP contribution in [-0.4, -0.2) is 18.6 Å². The van der Waals surface area contributed by atoms with Gasteiger partial charge in [0, 0.05) is 17.3 Å². The minimum Gasteiger partial charge on any atom is -0.461 e. The summed E-state index contributed by atoms with van der Waals surface area (Å²) in [5.41, 5.74) is 1.00. The highest BCUT2D eigenvalue weighted by Crippen LogP contribution is 2.50. The van der Waals surface area contributed by atoms with Crippen LogP contribution in [0.4, 0.5) is 5.69 Å². The summed E-state index contributed by atoms with van der Waals surface area (Å²) in [5.74, 6) is -0.713. The summed E-state index contributed by atoms with van der Waals surface area (Å²) in [4.78, 5) is 29.4. The fourth-order valence-electron chi connectivity index (χ4n) is 3.52. The summed E-state index contributed by atoms with van der Waals surface area (Å²) in [6.07, 6.45) is 2.83. The zero-order chi connectivity index (χ0) is 20.0. The second-order valence-corrected chi connectivity index (χ2v) is 7.62. The van der Waals surface area contributed by atoms with Gasteiger partial charge in [-0.05, 0) is 35.7 Å². The van der Waals surface area contributed by atoms with Crippen molar-refractivity contribution >= 4 is 39.8 Å². The van der Waals surface area contributed by atoms with Crippen molar-refractivity contribution < 1.29 is 18.4 Å². The average Bonchev–Trinajstić information content (AvgIpc) is 3.50. The van der Waals surface area contributed by atoms with Crippen LogP contribution in [0.5, 0.6) is 0 Å². The molecule has 1 aliphatic heterocycles. The lowest BCUT2D eigenvalue weighted by atomic mass is 10.0. The quantitative estimate of drug-likeness (QED) is 0.193. The van der Waals surface area contributed by atoms with E-state index in [1.807, 2.05) is 48.3 Å². The van der Waals surface area contributed by atoms with Gasteiger partial charge in [-0.2, -0.15) is 0 Å². The summed E-state index contributed by atoms with van der Waals surface area (Å²) in [6, 6.07) is 18.5. The minimum absolute atomic E-state index is 0.0303. The third kappa shape index (κ3) is 2.80. The first-order valence-electron chi connectivity index (χ1n) is 8.99. The number of thioether (sulfide) groups is 1. The molecule has 142 valence electrons. The molecule has 0 saturated carbocycles. The van der Waals surface area contributed by atoms with Crippen LogP contribution in [0.15, 0.2) is 97.5 Å². The second kappa shape index (κ2) is 6.83. The molecule has 0 radical (unpaired) electrons. The summed E-state index contributed by atoms with van der Waals surface area (Å²) in [7, 11) is 1.87. The molecule has 4 aromatic rings. The van der Waals surface area contributed by atoms with Gasteiger partial charge in [0.05, 0.1) is 23.2 Å². The molecule has 2 aromatic heterocycles. The van der Waals surface area contributed by atoms with Gasteiger partial charge in [-0.1, -0.05) is 42.1 Å². The second-order valence-electron chi connectivity index (χ2n) is 6.59. The van der Waals surface area contributed by atoms with E-state index in [1.165, 1.54) is 24.3 Å². The molecule has 3 heterocycles. The van der Waals surface area contributed by atoms with Gasteiger partial charge in [0.2, 0.25) is 11.6 Å². The zero-order valence-corrected chi connectivity index (χ0v) is 16.2. The molecule has 0 unspecified atom stereocenters. The predicted molar refractivity (Wildman–Crippen MR) is 111 cm³/mol. The van der Waals surface area contributed by atoms with Crippen molar-refractivity contribution in [1.29, 1.82) is 0 Å². The number of allylic oxidation sites excluding steroid dienone is 1. The van der Waals surface area contributed by atoms with Gasteiger partial charge in [-0.25, -0.2) is 0 Å². The molecule has 29 heavy (non-hydrogen) atoms. The highest BCUT2D eigenvalue weighted by Gasteiger charge is 2.35. The molecule has 5 nitrogen and oxygen atoms in total. The number of furan rings is 2. The van der Waals surface area contributed by atoms with Crippen molar-refractivity contribution in [3.8, 4) is 0 Å². The molecule has 5 rings (SSSR count). The Kier molecular flexibility index (Phi) is 4.14. The molecule has 6 heteroatoms. The van der Waals surface area contributed by atoms with Crippen LogP contribution >= 0.6 is 11.8 Å². The van der Waals surface area contributed by atoms with Crippen molar-refractivity contribution in [3.05, 3.63) is 95.3 Å². The lowest BCUT2D eigenvalue weighted by molar-refractivity contribution is 0.0933. The van der Waals surface area contributed by atoms with Crippen molar-refractivity contribution in [1.82, 2.24) is 0 Å². The summed E-state index contributed by atoms with van der Waals surface area (Å²) in [5, 5.41) is 2.71. The van der Waals surface area contributed by atoms with Gasteiger partial charge in [-0.15, -0.1) is 0 Å². The zero-order valence-electron chi connectivity index (χ0n) is 15.4. The van der Waals surface area contributed by atoms with E-state index in [4.69, 9.17) is 8.83 Å². The van der Waals surface area contributed by atoms with Crippen LogP contribution < -0.4 is 4.90 Å². The van der Waals surface area contributed by atoms with Gasteiger partial charge in [-0.3, -0.25) is 9.59 Å². The Labute approximate surface area is 170 Å². The van der Waals surface area contributed by atoms with Crippen LogP contribution in [-0.2, 0) is 0 Å². The molecule has 0 bridgehead atoms. The number of nitrogens with zero attached hydrogens (tertiary/aromatic N) is 1. The smallest absolute Gasteiger partial charge is 0.234 e. The van der Waals surface area contributed by atoms with E-state index in [1.54, 1.807) is 24.3 Å². The largest absolute Gasteiger partial charge is 0.461 e. The summed E-state index contributed by atoms with van der Waals surface area (Å²) >= 11 is 1.40. The summed E-state index contributed by atoms with van der Waals surface area (Å²) < 4.78 is 10.6. The molecule has 0 aliphatic carbocycles. The maximum Gasteiger partial charge on any atom is 0.234 e. The number of carbonyl (C=O) groups is 2. The number of carbonyl (C=O) groups excluding carboxylic acids is 2. The van der Waals surface area contributed by atoms with E-state index < -0.39 is 11.6 Å². The molecule has 0 N–H and O–H groups in total. The Morgan fingerprint density at radius 3 is 2.10 bits per heavy atom. The van der Waals surface area contributed by atoms with E-state index in [0.717, 1.165) is 21.4 Å². The third-order valence-corrected chi connectivity index (χ3v) is 6.09. The standard InChI is InChI=1S/C23H15NO4S/c1-24-20-15-7-3-2-6-14(15)10-11-18(20)29-23(24)19(21(25)16-8-4-12-27-16)22(26)17-9-5-13-28-17/h2-13H,1H3. The van der Waals surface area contributed by atoms with Crippen LogP contribution in [0.2, 0.25) is 0 Å². The van der Waals surface area contributed by atoms with E-state index >= 15 is 0 Å². The maximum absolute atomic E-state index is 13.2. The molecule has 0 saturated heterocycles. The molecule has 1 aliphatic rings. The Bertz CT molecular complexity index is 1220. The van der Waals surface area contributed by atoms with Gasteiger partial charge in [0.25, 0.3) is 0 Å². The monoisotopic (exact) mass is 401 g/mol. The first-order chi connectivity index (χ1) is 14.1. The normalized spacial score (nSPS) is 13.0. The fraction of sp³-hybridized carbons (Fsp3) is 0.0435. The number of ketones is 2. The summed E-state index contributed by atoms with van der Waals surface area (Å²) in [6.45, 7) is 0. The third-order valence-electron chi connectivity index (χ3n) is 4.87. The molecular formula is C23H15NO4S. The molecule has 0 amide bonds. The topological polar surface area (TPSA) is 63.7 Å². The number of hydrogen-bond acceptors (Lipinski definition) is 6. The first kappa shape index (κ1) is 17.6. The molecule has 2 aromatic carbocycles. The van der Waals surface area contributed by atoms with Crippen LogP contribution in [0, 0.1) is 0 Å². The molecule has 0 spiro atoms. The lowest BCUT2D eigenvalue weighted by Crippen LogP contribution is -2.21. The number of anilines is 1. The van der Waals surface area contributed by atoms with Crippen molar-refractivity contribution in [2.45, 2.75) is 4.90 Å².